The Hall–Kier alpha value is -2.88. The third-order valence-corrected chi connectivity index (χ3v) is 17.2. The van der Waals surface area contributed by atoms with Crippen molar-refractivity contribution in [1.29, 1.82) is 0 Å². The van der Waals surface area contributed by atoms with Gasteiger partial charge in [-0.3, -0.25) is 4.79 Å². The molecule has 2 aromatic rings. The summed E-state index contributed by atoms with van der Waals surface area (Å²) >= 11 is 1.66. The molecule has 0 aliphatic heterocycles. The van der Waals surface area contributed by atoms with Crippen molar-refractivity contribution in [3.05, 3.63) is 81.6 Å². The van der Waals surface area contributed by atoms with Crippen LogP contribution >= 0.6 is 11.3 Å². The lowest BCUT2D eigenvalue weighted by molar-refractivity contribution is -0.175. The summed E-state index contributed by atoms with van der Waals surface area (Å²) in [6.07, 6.45) is 13.7. The van der Waals surface area contributed by atoms with Crippen molar-refractivity contribution in [3.8, 4) is 0 Å². The molecule has 1 amide bonds. The van der Waals surface area contributed by atoms with Crippen LogP contribution in [0.2, 0.25) is 0 Å². The predicted molar refractivity (Wildman–Crippen MR) is 210 cm³/mol. The quantitative estimate of drug-likeness (QED) is 0.196. The zero-order valence-electron chi connectivity index (χ0n) is 33.2. The van der Waals surface area contributed by atoms with E-state index in [9.17, 15) is 28.6 Å². The summed E-state index contributed by atoms with van der Waals surface area (Å²) in [5, 5.41) is 26.2. The van der Waals surface area contributed by atoms with Crippen LogP contribution in [0.15, 0.2) is 59.5 Å². The molecule has 7 aliphatic rings. The van der Waals surface area contributed by atoms with Crippen LogP contribution in [0, 0.1) is 62.9 Å². The number of ketones is 1. The van der Waals surface area contributed by atoms with E-state index in [-0.39, 0.29) is 47.3 Å². The second kappa shape index (κ2) is 13.9. The summed E-state index contributed by atoms with van der Waals surface area (Å²) in [5.74, 6) is -1.33. The van der Waals surface area contributed by atoms with Crippen LogP contribution in [0.1, 0.15) is 114 Å². The molecule has 7 aliphatic carbocycles. The fourth-order valence-electron chi connectivity index (χ4n) is 13.1. The smallest absolute Gasteiger partial charge is 0.410 e. The van der Waals surface area contributed by atoms with E-state index in [2.05, 4.69) is 58.9 Å². The highest BCUT2D eigenvalue weighted by Crippen LogP contribution is 2.78. The molecule has 9 heteroatoms. The first-order valence-electron chi connectivity index (χ1n) is 20.9. The zero-order chi connectivity index (χ0) is 39.1. The van der Waals surface area contributed by atoms with Crippen LogP contribution in [0.5, 0.6) is 0 Å². The van der Waals surface area contributed by atoms with Crippen molar-refractivity contribution in [1.82, 2.24) is 4.90 Å². The minimum atomic E-state index is -1.26. The first-order valence-corrected chi connectivity index (χ1v) is 21.8. The fourth-order valence-corrected chi connectivity index (χ4v) is 13.8. The SMILES string of the molecule is CC(C)[C@H]1CC[C@H](C)C[C@@H]1OC(=O)N(CCc1cccs1)C[C@]1(O)CC[C@H]2[C@]34C=C[C@@]5(C=C3C(=O)c3ccc(F)c(F)c3)CC(O)CC[C@]5(C)[C@H]4CC[C@@]21C. The summed E-state index contributed by atoms with van der Waals surface area (Å²) in [4.78, 5) is 32.1. The monoisotopic (exact) mass is 775 g/mol. The van der Waals surface area contributed by atoms with Crippen LogP contribution in [-0.2, 0) is 11.2 Å². The maximum absolute atomic E-state index is 14.8. The number of Topliss-reactive ketones (excluding diaryl/α,β-unsaturated/α-hetero) is 1. The Morgan fingerprint density at radius 1 is 0.982 bits per heavy atom. The molecule has 2 N–H and O–H groups in total. The number of fused-ring (bicyclic) bond motifs is 1. The summed E-state index contributed by atoms with van der Waals surface area (Å²) in [6.45, 7) is 11.7. The number of ether oxygens (including phenoxy) is 1. The average molecular weight is 776 g/mol. The zero-order valence-corrected chi connectivity index (χ0v) is 34.0. The van der Waals surface area contributed by atoms with E-state index < -0.39 is 39.6 Å². The summed E-state index contributed by atoms with van der Waals surface area (Å²) in [5.41, 5.74) is -2.79. The van der Waals surface area contributed by atoms with Gasteiger partial charge >= 0.3 is 6.09 Å². The number of halogens is 2. The van der Waals surface area contributed by atoms with Crippen molar-refractivity contribution < 1.29 is 33.3 Å². The number of carbonyl (C=O) groups is 2. The minimum Gasteiger partial charge on any atom is -0.446 e. The topological polar surface area (TPSA) is 87.1 Å². The number of hydrogen-bond acceptors (Lipinski definition) is 6. The molecular weight excluding hydrogens is 717 g/mol. The van der Waals surface area contributed by atoms with Crippen LogP contribution in [0.25, 0.3) is 0 Å². The Bertz CT molecular complexity index is 1880. The molecule has 1 aromatic heterocycles. The first-order chi connectivity index (χ1) is 26.1. The van der Waals surface area contributed by atoms with Gasteiger partial charge in [0, 0.05) is 38.8 Å². The second-order valence-electron chi connectivity index (χ2n) is 19.3. The van der Waals surface area contributed by atoms with E-state index in [4.69, 9.17) is 4.74 Å². The number of amides is 1. The molecule has 11 atom stereocenters. The normalized spacial score (nSPS) is 40.3. The van der Waals surface area contributed by atoms with Gasteiger partial charge in [0.25, 0.3) is 0 Å². The molecule has 0 radical (unpaired) electrons. The van der Waals surface area contributed by atoms with Crippen LogP contribution < -0.4 is 0 Å². The summed E-state index contributed by atoms with van der Waals surface area (Å²) in [6, 6.07) is 7.48. The van der Waals surface area contributed by atoms with Crippen molar-refractivity contribution >= 4 is 23.2 Å². The van der Waals surface area contributed by atoms with Crippen LogP contribution in [-0.4, -0.2) is 57.9 Å². The van der Waals surface area contributed by atoms with Gasteiger partial charge in [-0.25, -0.2) is 13.6 Å². The van der Waals surface area contributed by atoms with E-state index in [1.807, 2.05) is 11.4 Å². The number of hydrogen-bond donors (Lipinski definition) is 2. The molecule has 55 heavy (non-hydrogen) atoms. The standard InChI is InChI=1S/C46H59F2NO5S/c1-28(2)33-10-8-29(3)23-37(33)54-41(52)49(21-15-32-7-6-22-55-32)27-45(53)18-14-39-43(45,5)17-13-38-42(4)16-12-31(50)25-44(42)19-20-46(38,39)34(26-44)40(51)30-9-11-35(47)36(48)24-30/h6-7,9,11,19-20,22,24,26,28-29,31,33,37-39,50,53H,8,10,12-18,21,23,25,27H2,1-5H3/t29-,31?,33+,37-,38+,39+,42+,43-,44-,45+,46+/m0/s1. The first kappa shape index (κ1) is 39.0. The number of carbonyl (C=O) groups excluding carboxylic acids is 2. The maximum Gasteiger partial charge on any atom is 0.410 e. The van der Waals surface area contributed by atoms with E-state index >= 15 is 0 Å². The molecule has 2 spiro atoms. The maximum atomic E-state index is 14.8. The highest BCUT2D eigenvalue weighted by atomic mass is 32.1. The van der Waals surface area contributed by atoms with Crippen LogP contribution in [0.3, 0.4) is 0 Å². The van der Waals surface area contributed by atoms with Crippen molar-refractivity contribution in [3.63, 3.8) is 0 Å². The largest absolute Gasteiger partial charge is 0.446 e. The average Bonchev–Trinajstić information content (AvgIpc) is 3.76. The number of aliphatic hydroxyl groups excluding tert-OH is 1. The second-order valence-corrected chi connectivity index (χ2v) is 20.3. The van der Waals surface area contributed by atoms with E-state index in [0.29, 0.717) is 62.0 Å². The summed E-state index contributed by atoms with van der Waals surface area (Å²) in [7, 11) is 0. The Morgan fingerprint density at radius 2 is 1.73 bits per heavy atom. The molecule has 4 saturated carbocycles. The van der Waals surface area contributed by atoms with Gasteiger partial charge in [-0.2, -0.15) is 0 Å². The van der Waals surface area contributed by atoms with Gasteiger partial charge < -0.3 is 19.8 Å². The van der Waals surface area contributed by atoms with Crippen molar-refractivity contribution in [2.24, 2.45) is 51.2 Å². The highest BCUT2D eigenvalue weighted by molar-refractivity contribution is 7.09. The van der Waals surface area contributed by atoms with Gasteiger partial charge in [0.1, 0.15) is 6.10 Å². The molecule has 0 saturated heterocycles. The molecule has 1 unspecified atom stereocenters. The third kappa shape index (κ3) is 6.02. The van der Waals surface area contributed by atoms with Gasteiger partial charge in [0.2, 0.25) is 0 Å². The molecule has 1 heterocycles. The molecular formula is C46H59F2NO5S. The molecule has 4 fully saturated rings. The molecule has 298 valence electrons. The number of nitrogens with zero attached hydrogens (tertiary/aromatic N) is 1. The van der Waals surface area contributed by atoms with Crippen molar-refractivity contribution in [2.45, 2.75) is 123 Å². The number of thiophene rings is 1. The Balaban J connectivity index is 1.16. The number of rotatable bonds is 9. The molecule has 6 nitrogen and oxygen atoms in total. The van der Waals surface area contributed by atoms with Gasteiger partial charge in [-0.15, -0.1) is 11.3 Å². The third-order valence-electron chi connectivity index (χ3n) is 16.3. The fraction of sp³-hybridized carbons (Fsp3) is 0.652. The Labute approximate surface area is 329 Å². The van der Waals surface area contributed by atoms with Crippen molar-refractivity contribution in [2.75, 3.05) is 13.1 Å². The number of aliphatic hydroxyl groups is 2. The number of benzene rings is 1. The molecule has 2 bridgehead atoms. The van der Waals surface area contributed by atoms with E-state index in [0.717, 1.165) is 50.7 Å². The lowest BCUT2D eigenvalue weighted by Crippen LogP contribution is -2.67. The lowest BCUT2D eigenvalue weighted by atomic mass is 9.32. The van der Waals surface area contributed by atoms with Gasteiger partial charge in [0.05, 0.1) is 18.2 Å². The van der Waals surface area contributed by atoms with Gasteiger partial charge in [-0.05, 0) is 129 Å². The van der Waals surface area contributed by atoms with Crippen LogP contribution in [0.4, 0.5) is 13.6 Å². The lowest BCUT2D eigenvalue weighted by Gasteiger charge is -2.71. The predicted octanol–water partition coefficient (Wildman–Crippen LogP) is 9.94. The molecule has 9 rings (SSSR count). The van der Waals surface area contributed by atoms with Gasteiger partial charge in [0.15, 0.2) is 17.4 Å². The Morgan fingerprint density at radius 3 is 2.45 bits per heavy atom. The highest BCUT2D eigenvalue weighted by Gasteiger charge is 2.74. The number of allylic oxidation sites excluding steroid dienone is 4. The van der Waals surface area contributed by atoms with E-state index in [1.54, 1.807) is 16.2 Å². The Kier molecular flexibility index (Phi) is 9.85. The summed E-state index contributed by atoms with van der Waals surface area (Å²) < 4.78 is 35.3. The minimum absolute atomic E-state index is 0.0494. The van der Waals surface area contributed by atoms with Gasteiger partial charge in [-0.1, -0.05) is 65.3 Å². The molecule has 1 aromatic carbocycles. The van der Waals surface area contributed by atoms with E-state index in [1.165, 1.54) is 10.9 Å².